The average Bonchev–Trinajstić information content (AvgIpc) is 3.29. The highest BCUT2D eigenvalue weighted by atomic mass is 79.9. The molecule has 1 heterocycles. The Morgan fingerprint density at radius 2 is 1.79 bits per heavy atom. The normalized spacial score (nSPS) is 11.0. The molecule has 0 spiro atoms. The van der Waals surface area contributed by atoms with Gasteiger partial charge in [-0.25, -0.2) is 4.68 Å². The van der Waals surface area contributed by atoms with E-state index in [4.69, 9.17) is 9.47 Å². The summed E-state index contributed by atoms with van der Waals surface area (Å²) in [6, 6.07) is 22.6. The fraction of sp³-hybridized carbons (Fsp3) is 0.115. The van der Waals surface area contributed by atoms with Gasteiger partial charge in [-0.3, -0.25) is 4.79 Å². The van der Waals surface area contributed by atoms with Crippen LogP contribution in [-0.2, 0) is 13.2 Å². The van der Waals surface area contributed by atoms with Gasteiger partial charge in [0.25, 0.3) is 0 Å². The minimum absolute atomic E-state index is 0.0658. The number of halogens is 1. The number of benzene rings is 3. The number of hydrogen-bond donors (Lipinski definition) is 0. The second-order valence-corrected chi connectivity index (χ2v) is 8.24. The number of methoxy groups -OCH3 is 1. The lowest BCUT2D eigenvalue weighted by atomic mass is 10.1. The van der Waals surface area contributed by atoms with E-state index >= 15 is 0 Å². The summed E-state index contributed by atoms with van der Waals surface area (Å²) in [6.45, 7) is 0.965. The fourth-order valence-corrected chi connectivity index (χ4v) is 3.61. The smallest absolute Gasteiger partial charge is 0.185 e. The summed E-state index contributed by atoms with van der Waals surface area (Å²) < 4.78 is 13.8. The Bertz CT molecular complexity index is 1250. The van der Waals surface area contributed by atoms with Crippen LogP contribution < -0.4 is 9.47 Å². The van der Waals surface area contributed by atoms with Crippen molar-refractivity contribution in [1.82, 2.24) is 15.0 Å². The zero-order valence-corrected chi connectivity index (χ0v) is 19.6. The zero-order chi connectivity index (χ0) is 23.0. The van der Waals surface area contributed by atoms with Gasteiger partial charge in [-0.1, -0.05) is 51.5 Å². The first-order valence-electron chi connectivity index (χ1n) is 10.3. The number of hydrogen-bond acceptors (Lipinski definition) is 5. The summed E-state index contributed by atoms with van der Waals surface area (Å²) in [5.74, 6) is 1.37. The molecule has 0 atom stereocenters. The van der Waals surface area contributed by atoms with Gasteiger partial charge in [-0.2, -0.15) is 0 Å². The molecule has 6 nitrogen and oxygen atoms in total. The van der Waals surface area contributed by atoms with E-state index in [1.807, 2.05) is 48.7 Å². The Morgan fingerprint density at radius 3 is 2.52 bits per heavy atom. The number of nitrogens with zero attached hydrogens (tertiary/aromatic N) is 3. The van der Waals surface area contributed by atoms with Crippen LogP contribution >= 0.6 is 15.9 Å². The summed E-state index contributed by atoms with van der Waals surface area (Å²) >= 11 is 3.48. The Morgan fingerprint density at radius 1 is 1.03 bits per heavy atom. The minimum Gasteiger partial charge on any atom is -0.497 e. The van der Waals surface area contributed by atoms with Crippen LogP contribution in [0.5, 0.6) is 11.5 Å². The van der Waals surface area contributed by atoms with E-state index in [1.165, 1.54) is 0 Å². The predicted molar refractivity (Wildman–Crippen MR) is 130 cm³/mol. The summed E-state index contributed by atoms with van der Waals surface area (Å²) in [5.41, 5.74) is 3.40. The Balaban J connectivity index is 1.29. The number of rotatable bonds is 9. The highest BCUT2D eigenvalue weighted by molar-refractivity contribution is 9.10. The monoisotopic (exact) mass is 503 g/mol. The van der Waals surface area contributed by atoms with Gasteiger partial charge < -0.3 is 9.47 Å². The molecular weight excluding hydrogens is 482 g/mol. The average molecular weight is 504 g/mol. The molecule has 3 aromatic carbocycles. The maximum absolute atomic E-state index is 12.3. The topological polar surface area (TPSA) is 66.2 Å². The van der Waals surface area contributed by atoms with Gasteiger partial charge in [0.2, 0.25) is 0 Å². The molecule has 0 radical (unpaired) electrons. The molecule has 1 aromatic heterocycles. The molecule has 0 aliphatic carbocycles. The van der Waals surface area contributed by atoms with Crippen molar-refractivity contribution in [1.29, 1.82) is 0 Å². The van der Waals surface area contributed by atoms with Crippen LogP contribution in [0.3, 0.4) is 0 Å². The molecule has 7 heteroatoms. The van der Waals surface area contributed by atoms with Crippen LogP contribution in [0.25, 0.3) is 6.08 Å². The van der Waals surface area contributed by atoms with Crippen molar-refractivity contribution in [2.45, 2.75) is 13.2 Å². The van der Waals surface area contributed by atoms with Crippen LogP contribution in [-0.4, -0.2) is 27.9 Å². The van der Waals surface area contributed by atoms with E-state index in [9.17, 15) is 4.79 Å². The van der Waals surface area contributed by atoms with Crippen molar-refractivity contribution in [3.63, 3.8) is 0 Å². The third-order valence-corrected chi connectivity index (χ3v) is 5.38. The highest BCUT2D eigenvalue weighted by Gasteiger charge is 2.05. The molecule has 0 unspecified atom stereocenters. The van der Waals surface area contributed by atoms with Crippen LogP contribution in [0.2, 0.25) is 0 Å². The van der Waals surface area contributed by atoms with Crippen molar-refractivity contribution in [3.8, 4) is 11.5 Å². The van der Waals surface area contributed by atoms with Gasteiger partial charge in [0.05, 0.1) is 19.9 Å². The number of ether oxygens (including phenoxy) is 2. The molecule has 4 rings (SSSR count). The largest absolute Gasteiger partial charge is 0.497 e. The fourth-order valence-electron chi connectivity index (χ4n) is 3.16. The van der Waals surface area contributed by atoms with Gasteiger partial charge in [0.15, 0.2) is 5.78 Å². The lowest BCUT2D eigenvalue weighted by molar-refractivity contribution is 0.104. The van der Waals surface area contributed by atoms with Crippen LogP contribution in [0.1, 0.15) is 27.2 Å². The van der Waals surface area contributed by atoms with Crippen molar-refractivity contribution in [2.24, 2.45) is 0 Å². The highest BCUT2D eigenvalue weighted by Crippen LogP contribution is 2.17. The summed E-state index contributed by atoms with van der Waals surface area (Å²) in [7, 11) is 1.60. The summed E-state index contributed by atoms with van der Waals surface area (Å²) in [5, 5.41) is 8.34. The van der Waals surface area contributed by atoms with Crippen molar-refractivity contribution in [3.05, 3.63) is 112 Å². The van der Waals surface area contributed by atoms with Crippen molar-refractivity contribution in [2.75, 3.05) is 7.11 Å². The van der Waals surface area contributed by atoms with Gasteiger partial charge >= 0.3 is 0 Å². The molecule has 0 aliphatic rings. The lowest BCUT2D eigenvalue weighted by Crippen LogP contribution is -2.00. The Hall–Kier alpha value is -3.71. The van der Waals surface area contributed by atoms with E-state index < -0.39 is 0 Å². The first kappa shape index (κ1) is 22.5. The molecule has 0 saturated heterocycles. The third kappa shape index (κ3) is 6.40. The number of carbonyl (C=O) groups excluding carboxylic acids is 1. The van der Waals surface area contributed by atoms with E-state index in [-0.39, 0.29) is 5.78 Å². The summed E-state index contributed by atoms with van der Waals surface area (Å²) in [6.07, 6.45) is 5.22. The van der Waals surface area contributed by atoms with Gasteiger partial charge in [0.1, 0.15) is 23.8 Å². The van der Waals surface area contributed by atoms with E-state index in [0.29, 0.717) is 18.7 Å². The third-order valence-electron chi connectivity index (χ3n) is 4.89. The van der Waals surface area contributed by atoms with Crippen LogP contribution in [0.4, 0.5) is 0 Å². The zero-order valence-electron chi connectivity index (χ0n) is 18.0. The standard InChI is InChI=1S/C26H22BrN3O3/c1-32-24-12-8-21(9-13-24)26(31)14-7-19-5-10-25(11-6-19)33-18-23-17-30(29-28-23)16-20-3-2-4-22(27)15-20/h2-15,17H,16,18H2,1H3/b14-7+. The van der Waals surface area contributed by atoms with Crippen molar-refractivity contribution < 1.29 is 14.3 Å². The summed E-state index contributed by atoms with van der Waals surface area (Å²) in [4.78, 5) is 12.3. The molecule has 33 heavy (non-hydrogen) atoms. The number of allylic oxidation sites excluding steroid dienone is 1. The first-order chi connectivity index (χ1) is 16.1. The maximum atomic E-state index is 12.3. The van der Waals surface area contributed by atoms with Gasteiger partial charge in [-0.05, 0) is 65.7 Å². The number of carbonyl (C=O) groups is 1. The quantitative estimate of drug-likeness (QED) is 0.220. The molecule has 0 amide bonds. The van der Waals surface area contributed by atoms with Gasteiger partial charge in [0, 0.05) is 10.0 Å². The first-order valence-corrected chi connectivity index (χ1v) is 11.1. The number of ketones is 1. The molecule has 0 aliphatic heterocycles. The molecule has 0 saturated carbocycles. The SMILES string of the molecule is COc1ccc(C(=O)/C=C/c2ccc(OCc3cn(Cc4cccc(Br)c4)nn3)cc2)cc1. The predicted octanol–water partition coefficient (Wildman–Crippen LogP) is 5.57. The maximum Gasteiger partial charge on any atom is 0.185 e. The van der Waals surface area contributed by atoms with Gasteiger partial charge in [-0.15, -0.1) is 5.10 Å². The number of aromatic nitrogens is 3. The molecular formula is C26H22BrN3O3. The Labute approximate surface area is 200 Å². The molecule has 0 fully saturated rings. The minimum atomic E-state index is -0.0658. The molecule has 0 N–H and O–H groups in total. The Kier molecular flexibility index (Phi) is 7.32. The van der Waals surface area contributed by atoms with Crippen LogP contribution in [0, 0.1) is 0 Å². The lowest BCUT2D eigenvalue weighted by Gasteiger charge is -2.04. The molecule has 4 aromatic rings. The van der Waals surface area contributed by atoms with E-state index in [1.54, 1.807) is 48.2 Å². The molecule has 0 bridgehead atoms. The van der Waals surface area contributed by atoms with E-state index in [0.717, 1.165) is 32.8 Å². The van der Waals surface area contributed by atoms with Crippen LogP contribution in [0.15, 0.2) is 89.5 Å². The van der Waals surface area contributed by atoms with Crippen molar-refractivity contribution >= 4 is 27.8 Å². The second kappa shape index (κ2) is 10.7. The van der Waals surface area contributed by atoms with E-state index in [2.05, 4.69) is 32.3 Å². The molecule has 166 valence electrons. The second-order valence-electron chi connectivity index (χ2n) is 7.32.